The van der Waals surface area contributed by atoms with Crippen molar-refractivity contribution in [3.8, 4) is 0 Å². The fraction of sp³-hybridized carbons (Fsp3) is 0.500. The summed E-state index contributed by atoms with van der Waals surface area (Å²) in [5.74, 6) is 5.01. The second-order valence-corrected chi connectivity index (χ2v) is 6.22. The number of rotatable bonds is 8. The minimum absolute atomic E-state index is 0.472. The third-order valence-corrected chi connectivity index (χ3v) is 4.01. The maximum atomic E-state index is 5.74. The predicted octanol–water partition coefficient (Wildman–Crippen LogP) is 2.12. The highest BCUT2D eigenvalue weighted by Gasteiger charge is 2.04. The molecule has 6 nitrogen and oxygen atoms in total. The molecule has 2 aromatic heterocycles. The van der Waals surface area contributed by atoms with Gasteiger partial charge in [0.25, 0.3) is 0 Å². The molecule has 0 fully saturated rings. The van der Waals surface area contributed by atoms with Gasteiger partial charge in [-0.05, 0) is 26.2 Å². The lowest BCUT2D eigenvalue weighted by Gasteiger charge is -2.06. The molecule has 0 unspecified atom stereocenters. The molecule has 0 saturated carbocycles. The van der Waals surface area contributed by atoms with Crippen molar-refractivity contribution >= 4 is 35.1 Å². The molecular weight excluding hydrogens is 294 g/mol. The first-order valence-electron chi connectivity index (χ1n) is 6.27. The zero-order valence-electron chi connectivity index (χ0n) is 11.6. The van der Waals surface area contributed by atoms with Crippen LogP contribution in [-0.4, -0.2) is 40.0 Å². The van der Waals surface area contributed by atoms with Crippen molar-refractivity contribution in [2.75, 3.05) is 37.4 Å². The number of nitrogen functional groups attached to an aromatic ring is 1. The maximum Gasteiger partial charge on any atom is 0.184 e. The molecule has 2 heterocycles. The van der Waals surface area contributed by atoms with Crippen LogP contribution in [0.25, 0.3) is 0 Å². The normalized spacial score (nSPS) is 11.2. The van der Waals surface area contributed by atoms with E-state index in [9.17, 15) is 0 Å². The Morgan fingerprint density at radius 1 is 1.35 bits per heavy atom. The van der Waals surface area contributed by atoms with Gasteiger partial charge in [-0.3, -0.25) is 0 Å². The van der Waals surface area contributed by atoms with E-state index in [4.69, 9.17) is 10.2 Å². The second-order valence-electron chi connectivity index (χ2n) is 4.58. The van der Waals surface area contributed by atoms with Gasteiger partial charge in [0.1, 0.15) is 11.5 Å². The van der Waals surface area contributed by atoms with Gasteiger partial charge < -0.3 is 20.4 Å². The van der Waals surface area contributed by atoms with E-state index < -0.39 is 0 Å². The van der Waals surface area contributed by atoms with Crippen molar-refractivity contribution < 1.29 is 4.42 Å². The predicted molar refractivity (Wildman–Crippen MR) is 85.1 cm³/mol. The van der Waals surface area contributed by atoms with Gasteiger partial charge in [0, 0.05) is 12.3 Å². The van der Waals surface area contributed by atoms with E-state index in [1.54, 1.807) is 0 Å². The first-order chi connectivity index (χ1) is 9.65. The minimum Gasteiger partial charge on any atom is -0.464 e. The van der Waals surface area contributed by atoms with Crippen molar-refractivity contribution in [1.29, 1.82) is 0 Å². The number of nitrogens with one attached hydrogen (secondary N) is 1. The summed E-state index contributed by atoms with van der Waals surface area (Å²) in [5.41, 5.74) is 5.64. The SMILES string of the molecule is CN(C)Cc1ccc(CSCCNc2nsnc2N)o1. The monoisotopic (exact) mass is 313 g/mol. The van der Waals surface area contributed by atoms with Crippen LogP contribution in [0.5, 0.6) is 0 Å². The smallest absolute Gasteiger partial charge is 0.184 e. The molecular formula is C12H19N5OS2. The molecule has 0 aromatic carbocycles. The van der Waals surface area contributed by atoms with E-state index in [-0.39, 0.29) is 0 Å². The van der Waals surface area contributed by atoms with E-state index in [0.717, 1.165) is 47.8 Å². The van der Waals surface area contributed by atoms with Crippen molar-refractivity contribution in [3.05, 3.63) is 23.7 Å². The maximum absolute atomic E-state index is 5.74. The molecule has 110 valence electrons. The average molecular weight is 313 g/mol. The van der Waals surface area contributed by atoms with Gasteiger partial charge in [-0.1, -0.05) is 0 Å². The molecule has 0 amide bonds. The number of aromatic nitrogens is 2. The molecule has 0 aliphatic carbocycles. The molecule has 2 rings (SSSR count). The van der Waals surface area contributed by atoms with Crippen molar-refractivity contribution in [2.24, 2.45) is 0 Å². The Morgan fingerprint density at radius 2 is 2.15 bits per heavy atom. The number of furan rings is 1. The van der Waals surface area contributed by atoms with E-state index in [1.807, 2.05) is 38.0 Å². The molecule has 0 bridgehead atoms. The topological polar surface area (TPSA) is 80.2 Å². The van der Waals surface area contributed by atoms with E-state index in [2.05, 4.69) is 19.0 Å². The molecule has 0 spiro atoms. The molecule has 0 radical (unpaired) electrons. The van der Waals surface area contributed by atoms with Crippen LogP contribution >= 0.6 is 23.5 Å². The summed E-state index contributed by atoms with van der Waals surface area (Å²) >= 11 is 2.93. The lowest BCUT2D eigenvalue weighted by atomic mass is 10.4. The van der Waals surface area contributed by atoms with Crippen LogP contribution < -0.4 is 11.1 Å². The van der Waals surface area contributed by atoms with Crippen molar-refractivity contribution in [1.82, 2.24) is 13.6 Å². The summed E-state index contributed by atoms with van der Waals surface area (Å²) in [7, 11) is 4.06. The summed E-state index contributed by atoms with van der Waals surface area (Å²) < 4.78 is 13.7. The van der Waals surface area contributed by atoms with Crippen molar-refractivity contribution in [3.63, 3.8) is 0 Å². The largest absolute Gasteiger partial charge is 0.464 e. The standard InChI is InChI=1S/C12H19N5OS2/c1-17(2)7-9-3-4-10(18-9)8-19-6-5-14-12-11(13)15-20-16-12/h3-4H,5-8H2,1-2H3,(H2,13,15)(H,14,16). The van der Waals surface area contributed by atoms with Gasteiger partial charge in [0.05, 0.1) is 24.0 Å². The lowest BCUT2D eigenvalue weighted by Crippen LogP contribution is -2.09. The molecule has 0 saturated heterocycles. The van der Waals surface area contributed by atoms with Crippen molar-refractivity contribution in [2.45, 2.75) is 12.3 Å². The fourth-order valence-corrected chi connectivity index (χ4v) is 2.83. The van der Waals surface area contributed by atoms with Gasteiger partial charge in [-0.2, -0.15) is 20.5 Å². The number of nitrogens with zero attached hydrogens (tertiary/aromatic N) is 3. The third-order valence-electron chi connectivity index (χ3n) is 2.49. The van der Waals surface area contributed by atoms with Gasteiger partial charge in [-0.15, -0.1) is 0 Å². The number of nitrogens with two attached hydrogens (primary N) is 1. The summed E-state index contributed by atoms with van der Waals surface area (Å²) in [4.78, 5) is 2.09. The Balaban J connectivity index is 1.63. The van der Waals surface area contributed by atoms with Gasteiger partial charge >= 0.3 is 0 Å². The van der Waals surface area contributed by atoms with Crippen LogP contribution in [0.2, 0.25) is 0 Å². The van der Waals surface area contributed by atoms with Crippen LogP contribution in [-0.2, 0) is 12.3 Å². The zero-order chi connectivity index (χ0) is 14.4. The number of thioether (sulfide) groups is 1. The Hall–Kier alpha value is -1.25. The second kappa shape index (κ2) is 7.51. The van der Waals surface area contributed by atoms with Gasteiger partial charge in [0.15, 0.2) is 11.6 Å². The highest BCUT2D eigenvalue weighted by atomic mass is 32.2. The quantitative estimate of drug-likeness (QED) is 0.722. The Kier molecular flexibility index (Phi) is 5.69. The number of hydrogen-bond acceptors (Lipinski definition) is 8. The molecule has 0 aliphatic heterocycles. The molecule has 2 aromatic rings. The summed E-state index contributed by atoms with van der Waals surface area (Å²) in [6, 6.07) is 4.08. The highest BCUT2D eigenvalue weighted by Crippen LogP contribution is 2.17. The Bertz CT molecular complexity index is 525. The van der Waals surface area contributed by atoms with Crippen LogP contribution in [0.1, 0.15) is 11.5 Å². The number of hydrogen-bond donors (Lipinski definition) is 2. The number of anilines is 2. The highest BCUT2D eigenvalue weighted by molar-refractivity contribution is 7.98. The summed E-state index contributed by atoms with van der Waals surface area (Å²) in [6.07, 6.45) is 0. The Labute approximate surface area is 127 Å². The first kappa shape index (κ1) is 15.1. The molecule has 8 heteroatoms. The van der Waals surface area contributed by atoms with E-state index in [0.29, 0.717) is 11.6 Å². The molecule has 0 aliphatic rings. The summed E-state index contributed by atoms with van der Waals surface area (Å²) in [6.45, 7) is 1.65. The molecule has 0 atom stereocenters. The minimum atomic E-state index is 0.472. The van der Waals surface area contributed by atoms with Crippen LogP contribution in [0, 0.1) is 0 Å². The van der Waals surface area contributed by atoms with Crippen LogP contribution in [0.4, 0.5) is 11.6 Å². The molecule has 20 heavy (non-hydrogen) atoms. The first-order valence-corrected chi connectivity index (χ1v) is 8.15. The Morgan fingerprint density at radius 3 is 2.85 bits per heavy atom. The van der Waals surface area contributed by atoms with Gasteiger partial charge in [-0.25, -0.2) is 0 Å². The van der Waals surface area contributed by atoms with E-state index >= 15 is 0 Å². The average Bonchev–Trinajstić information content (AvgIpc) is 2.98. The zero-order valence-corrected chi connectivity index (χ0v) is 13.3. The molecule has 3 N–H and O–H groups in total. The lowest BCUT2D eigenvalue weighted by molar-refractivity contribution is 0.344. The summed E-state index contributed by atoms with van der Waals surface area (Å²) in [5, 5.41) is 3.16. The third kappa shape index (κ3) is 4.69. The van der Waals surface area contributed by atoms with E-state index in [1.165, 1.54) is 0 Å². The van der Waals surface area contributed by atoms with Crippen LogP contribution in [0.3, 0.4) is 0 Å². The fourth-order valence-electron chi connectivity index (χ4n) is 1.63. The van der Waals surface area contributed by atoms with Gasteiger partial charge in [0.2, 0.25) is 0 Å². The van der Waals surface area contributed by atoms with Crippen LogP contribution in [0.15, 0.2) is 16.5 Å².